The Hall–Kier alpha value is -7.11. The number of pyridine rings is 1. The van der Waals surface area contributed by atoms with Crippen molar-refractivity contribution in [2.24, 2.45) is 0 Å². The Bertz CT molecular complexity index is 3260. The fraction of sp³-hybridized carbons (Fsp3) is 0.242. The summed E-state index contributed by atoms with van der Waals surface area (Å²) in [5, 5.41) is 2.32. The van der Waals surface area contributed by atoms with Gasteiger partial charge in [-0.2, -0.15) is 0 Å². The van der Waals surface area contributed by atoms with Gasteiger partial charge in [0.1, 0.15) is 24.0 Å². The van der Waals surface area contributed by atoms with E-state index in [1.54, 1.807) is 0 Å². The van der Waals surface area contributed by atoms with Gasteiger partial charge in [-0.1, -0.05) is 166 Å². The molecule has 2 aromatic heterocycles. The van der Waals surface area contributed by atoms with Crippen molar-refractivity contribution in [3.05, 3.63) is 216 Å². The first-order valence-corrected chi connectivity index (χ1v) is 23.7. The van der Waals surface area contributed by atoms with Crippen molar-refractivity contribution in [2.45, 2.75) is 90.9 Å². The summed E-state index contributed by atoms with van der Waals surface area (Å²) in [6.07, 6.45) is 1.94. The summed E-state index contributed by atoms with van der Waals surface area (Å²) in [6.45, 7) is 23.5. The average Bonchev–Trinajstić information content (AvgIpc) is 3.87. The van der Waals surface area contributed by atoms with E-state index in [0.29, 0.717) is 6.67 Å². The molecule has 10 rings (SSSR count). The van der Waals surface area contributed by atoms with Gasteiger partial charge in [0.05, 0.1) is 22.4 Å². The van der Waals surface area contributed by atoms with E-state index >= 15 is 0 Å². The Kier molecular flexibility index (Phi) is 10.7. The minimum absolute atomic E-state index is 0.00469. The molecule has 0 unspecified atom stereocenters. The minimum Gasteiger partial charge on any atom is -0.457 e. The smallest absolute Gasteiger partial charge is 0.137 e. The molecule has 0 saturated carbocycles. The van der Waals surface area contributed by atoms with E-state index in [2.05, 4.69) is 260 Å². The van der Waals surface area contributed by atoms with Crippen LogP contribution in [0, 0.1) is 0 Å². The van der Waals surface area contributed by atoms with Crippen LogP contribution in [-0.4, -0.2) is 16.2 Å². The predicted molar refractivity (Wildman–Crippen MR) is 282 cm³/mol. The maximum Gasteiger partial charge on any atom is 0.137 e. The Balaban J connectivity index is 1.10. The Morgan fingerprint density at radius 3 is 1.67 bits per heavy atom. The van der Waals surface area contributed by atoms with E-state index in [-0.39, 0.29) is 21.7 Å². The van der Waals surface area contributed by atoms with E-state index in [1.807, 2.05) is 6.20 Å². The van der Waals surface area contributed by atoms with Gasteiger partial charge in [-0.25, -0.2) is 4.98 Å². The lowest BCUT2D eigenvalue weighted by Gasteiger charge is -2.29. The summed E-state index contributed by atoms with van der Waals surface area (Å²) >= 11 is 0. The third-order valence-corrected chi connectivity index (χ3v) is 14.2. The first-order valence-electron chi connectivity index (χ1n) is 23.7. The molecule has 1 aliphatic rings. The van der Waals surface area contributed by atoms with Crippen LogP contribution < -0.4 is 14.5 Å². The second kappa shape index (κ2) is 16.3. The Labute approximate surface area is 397 Å². The second-order valence-corrected chi connectivity index (χ2v) is 21.5. The minimum atomic E-state index is -0.322. The zero-order valence-corrected chi connectivity index (χ0v) is 40.7. The van der Waals surface area contributed by atoms with Gasteiger partial charge in [-0.3, -0.25) is 4.57 Å². The highest BCUT2D eigenvalue weighted by atomic mass is 16.5. The van der Waals surface area contributed by atoms with Crippen molar-refractivity contribution < 1.29 is 4.74 Å². The van der Waals surface area contributed by atoms with Gasteiger partial charge < -0.3 is 14.5 Å². The average molecular weight is 879 g/mol. The number of rotatable bonds is 9. The molecule has 9 aromatic rings. The Morgan fingerprint density at radius 2 is 1.00 bits per heavy atom. The van der Waals surface area contributed by atoms with E-state index in [0.717, 1.165) is 39.4 Å². The molecule has 336 valence electrons. The van der Waals surface area contributed by atoms with Gasteiger partial charge in [0.15, 0.2) is 0 Å². The van der Waals surface area contributed by atoms with E-state index in [9.17, 15) is 0 Å². The number of benzene rings is 7. The van der Waals surface area contributed by atoms with Gasteiger partial charge in [0, 0.05) is 51.3 Å². The first-order chi connectivity index (χ1) is 32.0. The number of nitrogens with zero attached hydrogens (tertiary/aromatic N) is 4. The maximum atomic E-state index is 7.12. The number of fused-ring (bicyclic) bond motifs is 4. The molecule has 0 radical (unpaired) electrons. The molecule has 3 heterocycles. The van der Waals surface area contributed by atoms with Crippen molar-refractivity contribution in [1.29, 1.82) is 0 Å². The lowest BCUT2D eigenvalue weighted by atomic mass is 9.78. The molecule has 0 bridgehead atoms. The van der Waals surface area contributed by atoms with Crippen molar-refractivity contribution in [2.75, 3.05) is 16.5 Å². The molecule has 0 amide bonds. The monoisotopic (exact) mass is 878 g/mol. The molecule has 0 spiro atoms. The molecule has 0 saturated heterocycles. The maximum absolute atomic E-state index is 7.12. The number of hydrogen-bond acceptors (Lipinski definition) is 4. The van der Waals surface area contributed by atoms with Crippen molar-refractivity contribution in [1.82, 2.24) is 9.55 Å². The molecule has 0 atom stereocenters. The fourth-order valence-electron chi connectivity index (χ4n) is 9.84. The lowest BCUT2D eigenvalue weighted by molar-refractivity contribution is 0.480. The zero-order valence-electron chi connectivity index (χ0n) is 40.7. The molecule has 7 aromatic carbocycles. The predicted octanol–water partition coefficient (Wildman–Crippen LogP) is 16.5. The molecule has 67 heavy (non-hydrogen) atoms. The van der Waals surface area contributed by atoms with Crippen LogP contribution in [-0.2, 0) is 21.7 Å². The van der Waals surface area contributed by atoms with Gasteiger partial charge in [0.2, 0.25) is 0 Å². The first kappa shape index (κ1) is 43.8. The lowest BCUT2D eigenvalue weighted by Crippen LogP contribution is -2.25. The van der Waals surface area contributed by atoms with Gasteiger partial charge in [0.25, 0.3) is 0 Å². The highest BCUT2D eigenvalue weighted by molar-refractivity contribution is 6.09. The summed E-state index contributed by atoms with van der Waals surface area (Å²) in [7, 11) is 0. The van der Waals surface area contributed by atoms with E-state index < -0.39 is 0 Å². The summed E-state index contributed by atoms with van der Waals surface area (Å²) in [5.74, 6) is 2.41. The quantitative estimate of drug-likeness (QED) is 0.145. The molecule has 5 heteroatoms. The van der Waals surface area contributed by atoms with Gasteiger partial charge in [-0.05, 0) is 111 Å². The normalized spacial score (nSPS) is 13.4. The van der Waals surface area contributed by atoms with Crippen LogP contribution in [0.5, 0.6) is 11.5 Å². The molecule has 0 N–H and O–H groups in total. The zero-order chi connectivity index (χ0) is 46.9. The SMILES string of the molecule is CC(C)(C)c1ccc(N2CN(c3cc(Oc4ccc5c6ccccc6n(-c6cc(C(C)(C)c7ccccc7)ccn6)c5c4)cc(C(C)(C)c4ccccc4)c3)c3ccc(C(C)(C)C)cc32)cc1. The number of hydrogen-bond donors (Lipinski definition) is 0. The van der Waals surface area contributed by atoms with Gasteiger partial charge in [-0.15, -0.1) is 0 Å². The van der Waals surface area contributed by atoms with Crippen molar-refractivity contribution >= 4 is 44.6 Å². The van der Waals surface area contributed by atoms with Crippen LogP contribution in [0.4, 0.5) is 22.7 Å². The molecule has 0 aliphatic carbocycles. The summed E-state index contributed by atoms with van der Waals surface area (Å²) in [4.78, 5) is 9.93. The number of aromatic nitrogens is 2. The highest BCUT2D eigenvalue weighted by Gasteiger charge is 2.33. The molecular formula is C62H62N4O. The highest BCUT2D eigenvalue weighted by Crippen LogP contribution is 2.49. The third kappa shape index (κ3) is 8.05. The summed E-state index contributed by atoms with van der Waals surface area (Å²) < 4.78 is 9.41. The van der Waals surface area contributed by atoms with Gasteiger partial charge >= 0.3 is 0 Å². The van der Waals surface area contributed by atoms with Crippen LogP contribution in [0.3, 0.4) is 0 Å². The van der Waals surface area contributed by atoms with E-state index in [4.69, 9.17) is 9.72 Å². The summed E-state index contributed by atoms with van der Waals surface area (Å²) in [6, 6.07) is 64.0. The van der Waals surface area contributed by atoms with Crippen LogP contribution in [0.25, 0.3) is 27.6 Å². The Morgan fingerprint density at radius 1 is 0.403 bits per heavy atom. The second-order valence-electron chi connectivity index (χ2n) is 21.5. The van der Waals surface area contributed by atoms with Crippen molar-refractivity contribution in [3.8, 4) is 17.3 Å². The molecule has 0 fully saturated rings. The third-order valence-electron chi connectivity index (χ3n) is 14.2. The molecule has 1 aliphatic heterocycles. The van der Waals surface area contributed by atoms with Crippen LogP contribution in [0.2, 0.25) is 0 Å². The fourth-order valence-corrected chi connectivity index (χ4v) is 9.84. The number of para-hydroxylation sites is 1. The molecule has 5 nitrogen and oxygen atoms in total. The van der Waals surface area contributed by atoms with Crippen LogP contribution in [0.15, 0.2) is 182 Å². The van der Waals surface area contributed by atoms with E-state index in [1.165, 1.54) is 55.8 Å². The largest absolute Gasteiger partial charge is 0.457 e. The van der Waals surface area contributed by atoms with Crippen molar-refractivity contribution in [3.63, 3.8) is 0 Å². The number of ether oxygens (including phenoxy) is 1. The van der Waals surface area contributed by atoms with Crippen LogP contribution in [0.1, 0.15) is 103 Å². The molecular weight excluding hydrogens is 817 g/mol. The van der Waals surface area contributed by atoms with Crippen LogP contribution >= 0.6 is 0 Å². The standard InChI is InChI=1S/C62H62N4O/c1-59(2,3)42-25-28-48(29-26-42)64-41-65(55-32-27-45(37-57(55)64)60(4,5)6)49-35-47(62(9,10)44-21-15-12-16-22-44)36-51(39-49)67-50-30-31-53-52-23-17-18-24-54(52)66(56(53)40-50)58-38-46(33-34-63-58)61(7,8)43-19-13-11-14-20-43/h11-40H,41H2,1-10H3. The number of anilines is 4. The summed E-state index contributed by atoms with van der Waals surface area (Å²) in [5.41, 5.74) is 13.8. The topological polar surface area (TPSA) is 33.5 Å².